The number of ketones is 1. The molecule has 3 rings (SSSR count). The van der Waals surface area contributed by atoms with Crippen LogP contribution in [0.25, 0.3) is 11.0 Å². The Kier molecular flexibility index (Phi) is 7.98. The largest absolute Gasteiger partial charge is 0.463 e. The number of hydrogen-bond acceptors (Lipinski definition) is 4. The van der Waals surface area contributed by atoms with Crippen molar-refractivity contribution in [1.82, 2.24) is 5.32 Å². The van der Waals surface area contributed by atoms with Gasteiger partial charge in [-0.25, -0.2) is 0 Å². The van der Waals surface area contributed by atoms with Gasteiger partial charge in [0.15, 0.2) is 5.78 Å². The number of furan rings is 1. The summed E-state index contributed by atoms with van der Waals surface area (Å²) in [4.78, 5) is 13.5. The molecule has 0 aliphatic rings. The number of rotatable bonds is 10. The Morgan fingerprint density at radius 1 is 1.17 bits per heavy atom. The SMILES string of the molecule is CCCCc1oc2ccccc2c1C(=O)c1cccc(OC(I)(CI)NCC)c1. The van der Waals surface area contributed by atoms with Crippen LogP contribution in [0.2, 0.25) is 0 Å². The van der Waals surface area contributed by atoms with Crippen molar-refractivity contribution >= 4 is 61.9 Å². The minimum atomic E-state index is -0.511. The van der Waals surface area contributed by atoms with E-state index in [0.29, 0.717) is 16.9 Å². The first-order valence-corrected chi connectivity index (χ1v) is 12.5. The molecule has 4 nitrogen and oxygen atoms in total. The molecule has 1 atom stereocenters. The quantitative estimate of drug-likeness (QED) is 0.0927. The summed E-state index contributed by atoms with van der Waals surface area (Å²) in [6.45, 7) is 4.98. The second kappa shape index (κ2) is 10.3. The van der Waals surface area contributed by atoms with Gasteiger partial charge in [-0.05, 0) is 53.8 Å². The van der Waals surface area contributed by atoms with E-state index in [4.69, 9.17) is 9.15 Å². The van der Waals surface area contributed by atoms with Crippen LogP contribution in [-0.4, -0.2) is 20.5 Å². The molecular weight excluding hydrogens is 592 g/mol. The third-order valence-corrected chi connectivity index (χ3v) is 8.16. The van der Waals surface area contributed by atoms with Crippen LogP contribution in [0.15, 0.2) is 52.9 Å². The first kappa shape index (κ1) is 22.6. The number of carbonyl (C=O) groups excluding carboxylic acids is 1. The molecule has 0 amide bonds. The summed E-state index contributed by atoms with van der Waals surface area (Å²) in [5, 5.41) is 4.22. The fourth-order valence-electron chi connectivity index (χ4n) is 3.27. The summed E-state index contributed by atoms with van der Waals surface area (Å²) < 4.78 is 12.5. The summed E-state index contributed by atoms with van der Waals surface area (Å²) in [6, 6.07) is 15.2. The van der Waals surface area contributed by atoms with Crippen molar-refractivity contribution in [2.45, 2.75) is 36.8 Å². The molecule has 0 saturated heterocycles. The zero-order chi connectivity index (χ0) is 20.9. The van der Waals surface area contributed by atoms with Crippen LogP contribution >= 0.6 is 45.2 Å². The molecule has 2 aromatic carbocycles. The normalized spacial score (nSPS) is 13.4. The molecule has 0 radical (unpaired) electrons. The molecule has 0 aliphatic carbocycles. The van der Waals surface area contributed by atoms with Crippen LogP contribution in [0.3, 0.4) is 0 Å². The van der Waals surface area contributed by atoms with Crippen LogP contribution in [0.4, 0.5) is 0 Å². The van der Waals surface area contributed by atoms with Gasteiger partial charge in [0, 0.05) is 17.4 Å². The van der Waals surface area contributed by atoms with Gasteiger partial charge >= 0.3 is 0 Å². The molecule has 3 aromatic rings. The van der Waals surface area contributed by atoms with E-state index in [1.165, 1.54) is 0 Å². The van der Waals surface area contributed by atoms with E-state index >= 15 is 0 Å². The number of nitrogens with one attached hydrogen (secondary N) is 1. The second-order valence-corrected chi connectivity index (χ2v) is 9.36. The lowest BCUT2D eigenvalue weighted by atomic mass is 9.98. The Morgan fingerprint density at radius 3 is 2.69 bits per heavy atom. The van der Waals surface area contributed by atoms with E-state index in [1.54, 1.807) is 0 Å². The predicted molar refractivity (Wildman–Crippen MR) is 135 cm³/mol. The number of hydrogen-bond donors (Lipinski definition) is 1. The second-order valence-electron chi connectivity index (χ2n) is 6.85. The van der Waals surface area contributed by atoms with E-state index in [0.717, 1.165) is 47.0 Å². The molecule has 0 aliphatic heterocycles. The molecule has 1 aromatic heterocycles. The third kappa shape index (κ3) is 5.32. The third-order valence-electron chi connectivity index (χ3n) is 4.64. The number of para-hydroxylation sites is 1. The van der Waals surface area contributed by atoms with Gasteiger partial charge in [0.1, 0.15) is 17.1 Å². The van der Waals surface area contributed by atoms with E-state index in [2.05, 4.69) is 57.4 Å². The first-order chi connectivity index (χ1) is 14.0. The topological polar surface area (TPSA) is 51.5 Å². The van der Waals surface area contributed by atoms with Crippen LogP contribution in [0, 0.1) is 0 Å². The van der Waals surface area contributed by atoms with Crippen molar-refractivity contribution in [3.8, 4) is 5.75 Å². The lowest BCUT2D eigenvalue weighted by Crippen LogP contribution is -2.46. The Labute approximate surface area is 199 Å². The predicted octanol–water partition coefficient (Wildman–Crippen LogP) is 6.52. The molecule has 6 heteroatoms. The summed E-state index contributed by atoms with van der Waals surface area (Å²) in [5.41, 5.74) is 2.04. The fraction of sp³-hybridized carbons (Fsp3) is 0.348. The van der Waals surface area contributed by atoms with E-state index in [9.17, 15) is 4.79 Å². The van der Waals surface area contributed by atoms with E-state index < -0.39 is 3.73 Å². The van der Waals surface area contributed by atoms with Gasteiger partial charge in [0.05, 0.1) is 9.99 Å². The van der Waals surface area contributed by atoms with Gasteiger partial charge in [0.25, 0.3) is 0 Å². The van der Waals surface area contributed by atoms with Crippen molar-refractivity contribution in [3.05, 3.63) is 65.4 Å². The molecule has 1 heterocycles. The van der Waals surface area contributed by atoms with Gasteiger partial charge in [-0.15, -0.1) is 0 Å². The zero-order valence-electron chi connectivity index (χ0n) is 16.6. The number of ether oxygens (including phenoxy) is 1. The number of benzene rings is 2. The Hall–Kier alpha value is -1.13. The molecule has 0 saturated carbocycles. The highest BCUT2D eigenvalue weighted by molar-refractivity contribution is 14.1. The minimum Gasteiger partial charge on any atom is -0.463 e. The van der Waals surface area contributed by atoms with Gasteiger partial charge in [-0.2, -0.15) is 0 Å². The van der Waals surface area contributed by atoms with Crippen LogP contribution < -0.4 is 10.1 Å². The first-order valence-electron chi connectivity index (χ1n) is 9.85. The molecule has 1 unspecified atom stereocenters. The molecule has 0 bridgehead atoms. The summed E-state index contributed by atoms with van der Waals surface area (Å²) >= 11 is 4.57. The molecule has 154 valence electrons. The molecule has 0 spiro atoms. The zero-order valence-corrected chi connectivity index (χ0v) is 21.0. The lowest BCUT2D eigenvalue weighted by Gasteiger charge is -2.27. The van der Waals surface area contributed by atoms with Crippen molar-refractivity contribution in [3.63, 3.8) is 0 Å². The summed E-state index contributed by atoms with van der Waals surface area (Å²) in [6.07, 6.45) is 2.79. The number of alkyl halides is 2. The molecular formula is C23H25I2NO3. The maximum absolute atomic E-state index is 13.5. The molecule has 1 N–H and O–H groups in total. The van der Waals surface area contributed by atoms with Crippen molar-refractivity contribution in [1.29, 1.82) is 0 Å². The average Bonchev–Trinajstić information content (AvgIpc) is 3.10. The minimum absolute atomic E-state index is 0.0246. The number of fused-ring (bicyclic) bond motifs is 1. The van der Waals surface area contributed by atoms with Crippen molar-refractivity contribution in [2.24, 2.45) is 0 Å². The summed E-state index contributed by atoms with van der Waals surface area (Å²) in [5.74, 6) is 1.42. The Morgan fingerprint density at radius 2 is 1.97 bits per heavy atom. The smallest absolute Gasteiger partial charge is 0.221 e. The number of carbonyl (C=O) groups is 1. The maximum Gasteiger partial charge on any atom is 0.221 e. The fourth-order valence-corrected chi connectivity index (χ4v) is 4.33. The summed E-state index contributed by atoms with van der Waals surface area (Å²) in [7, 11) is 0. The molecule has 0 fully saturated rings. The van der Waals surface area contributed by atoms with Gasteiger partial charge in [0.2, 0.25) is 3.73 Å². The number of halogens is 2. The number of aryl methyl sites for hydroxylation is 1. The van der Waals surface area contributed by atoms with Crippen LogP contribution in [-0.2, 0) is 6.42 Å². The maximum atomic E-state index is 13.5. The Balaban J connectivity index is 1.97. The molecule has 29 heavy (non-hydrogen) atoms. The van der Waals surface area contributed by atoms with Gasteiger partial charge in [-0.1, -0.05) is 73.2 Å². The van der Waals surface area contributed by atoms with E-state index in [1.807, 2.05) is 55.5 Å². The Bertz CT molecular complexity index is 985. The number of unbranched alkanes of at least 4 members (excludes halogenated alkanes) is 1. The van der Waals surface area contributed by atoms with Crippen LogP contribution in [0.5, 0.6) is 5.75 Å². The monoisotopic (exact) mass is 617 g/mol. The highest BCUT2D eigenvalue weighted by Crippen LogP contribution is 2.31. The van der Waals surface area contributed by atoms with Crippen LogP contribution in [0.1, 0.15) is 48.4 Å². The average molecular weight is 617 g/mol. The standard InChI is InChI=1S/C23H25I2NO3/c1-3-5-12-20-21(18-11-6-7-13-19(18)28-20)22(27)16-9-8-10-17(14-16)29-23(25,15-24)26-4-2/h6-11,13-14,26H,3-5,12,15H2,1-2H3. The van der Waals surface area contributed by atoms with E-state index in [-0.39, 0.29) is 5.78 Å². The lowest BCUT2D eigenvalue weighted by molar-refractivity contribution is 0.103. The van der Waals surface area contributed by atoms with Gasteiger partial charge < -0.3 is 9.15 Å². The highest BCUT2D eigenvalue weighted by atomic mass is 127. The van der Waals surface area contributed by atoms with Crippen molar-refractivity contribution in [2.75, 3.05) is 11.0 Å². The van der Waals surface area contributed by atoms with Gasteiger partial charge in [-0.3, -0.25) is 10.1 Å². The highest BCUT2D eigenvalue weighted by Gasteiger charge is 2.27. The van der Waals surface area contributed by atoms with Crippen molar-refractivity contribution < 1.29 is 13.9 Å².